The van der Waals surface area contributed by atoms with E-state index in [0.29, 0.717) is 22.3 Å². The molecule has 98 valence electrons. The first kappa shape index (κ1) is 12.4. The van der Waals surface area contributed by atoms with E-state index in [9.17, 15) is 4.79 Å². The predicted octanol–water partition coefficient (Wildman–Crippen LogP) is 3.99. The summed E-state index contributed by atoms with van der Waals surface area (Å²) >= 11 is 6.32. The Labute approximate surface area is 117 Å². The molecule has 1 aromatic heterocycles. The minimum Gasteiger partial charge on any atom is -0.298 e. The van der Waals surface area contributed by atoms with E-state index in [2.05, 4.69) is 12.0 Å². The van der Waals surface area contributed by atoms with E-state index in [0.717, 1.165) is 11.8 Å². The van der Waals surface area contributed by atoms with Gasteiger partial charge in [0.2, 0.25) is 0 Å². The van der Waals surface area contributed by atoms with E-state index < -0.39 is 0 Å². The maximum atomic E-state index is 11.3. The Balaban J connectivity index is 2.09. The quantitative estimate of drug-likeness (QED) is 0.790. The van der Waals surface area contributed by atoms with Crippen LogP contribution in [0.3, 0.4) is 0 Å². The Morgan fingerprint density at radius 3 is 2.63 bits per heavy atom. The lowest BCUT2D eigenvalue weighted by Gasteiger charge is -2.11. The van der Waals surface area contributed by atoms with E-state index in [1.165, 1.54) is 12.8 Å². The van der Waals surface area contributed by atoms with Crippen molar-refractivity contribution in [2.24, 2.45) is 5.92 Å². The van der Waals surface area contributed by atoms with Crippen LogP contribution in [0.1, 0.15) is 36.2 Å². The van der Waals surface area contributed by atoms with E-state index in [1.54, 1.807) is 4.68 Å². The number of carbonyl (C=O) groups excluding carboxylic acids is 1. The minimum absolute atomic E-state index is 0.253. The average molecular weight is 275 g/mol. The molecule has 1 aliphatic carbocycles. The smallest absolute Gasteiger partial charge is 0.155 e. The second-order valence-corrected chi connectivity index (χ2v) is 5.42. The average Bonchev–Trinajstić information content (AvgIpc) is 3.23. The lowest BCUT2D eigenvalue weighted by atomic mass is 10.1. The van der Waals surface area contributed by atoms with Gasteiger partial charge in [-0.15, -0.1) is 0 Å². The molecule has 1 saturated carbocycles. The molecule has 1 aromatic carbocycles. The van der Waals surface area contributed by atoms with Gasteiger partial charge in [0.25, 0.3) is 0 Å². The molecule has 0 spiro atoms. The van der Waals surface area contributed by atoms with Gasteiger partial charge in [-0.05, 0) is 25.7 Å². The van der Waals surface area contributed by atoms with E-state index >= 15 is 0 Å². The zero-order chi connectivity index (χ0) is 13.4. The van der Waals surface area contributed by atoms with Crippen LogP contribution in [0.15, 0.2) is 30.3 Å². The number of halogens is 1. The summed E-state index contributed by atoms with van der Waals surface area (Å²) in [5.41, 5.74) is 2.08. The van der Waals surface area contributed by atoms with Crippen LogP contribution in [-0.4, -0.2) is 16.1 Å². The third kappa shape index (κ3) is 2.19. The van der Waals surface area contributed by atoms with Crippen molar-refractivity contribution < 1.29 is 4.79 Å². The molecule has 0 saturated heterocycles. The summed E-state index contributed by atoms with van der Waals surface area (Å²) in [7, 11) is 0. The zero-order valence-corrected chi connectivity index (χ0v) is 11.5. The fourth-order valence-corrected chi connectivity index (χ4v) is 2.71. The summed E-state index contributed by atoms with van der Waals surface area (Å²) in [6.07, 6.45) is 3.23. The fraction of sp³-hybridized carbons (Fsp3) is 0.333. The molecule has 0 amide bonds. The fourth-order valence-electron chi connectivity index (χ4n) is 2.39. The van der Waals surface area contributed by atoms with Crippen LogP contribution in [0.25, 0.3) is 11.3 Å². The van der Waals surface area contributed by atoms with Gasteiger partial charge in [0, 0.05) is 5.56 Å². The van der Waals surface area contributed by atoms with Crippen LogP contribution in [0.4, 0.5) is 0 Å². The van der Waals surface area contributed by atoms with Gasteiger partial charge in [0.1, 0.15) is 10.8 Å². The molecule has 0 N–H and O–H groups in total. The molecule has 19 heavy (non-hydrogen) atoms. The molecule has 1 unspecified atom stereocenters. The van der Waals surface area contributed by atoms with Gasteiger partial charge >= 0.3 is 0 Å². The highest BCUT2D eigenvalue weighted by Gasteiger charge is 2.32. The minimum atomic E-state index is 0.253. The van der Waals surface area contributed by atoms with E-state index in [1.807, 2.05) is 30.3 Å². The van der Waals surface area contributed by atoms with Gasteiger partial charge < -0.3 is 0 Å². The summed E-state index contributed by atoms with van der Waals surface area (Å²) in [5, 5.41) is 5.02. The molecule has 0 bridgehead atoms. The van der Waals surface area contributed by atoms with Gasteiger partial charge in [-0.2, -0.15) is 5.10 Å². The van der Waals surface area contributed by atoms with Gasteiger partial charge in [-0.3, -0.25) is 4.79 Å². The number of nitrogens with zero attached hydrogens (tertiary/aromatic N) is 2. The molecule has 1 aliphatic rings. The third-order valence-electron chi connectivity index (χ3n) is 3.74. The molecule has 3 nitrogen and oxygen atoms in total. The summed E-state index contributed by atoms with van der Waals surface area (Å²) in [6, 6.07) is 9.94. The number of carbonyl (C=O) groups is 1. The van der Waals surface area contributed by atoms with E-state index in [4.69, 9.17) is 11.6 Å². The van der Waals surface area contributed by atoms with Crippen LogP contribution >= 0.6 is 11.6 Å². The molecule has 0 aliphatic heterocycles. The Morgan fingerprint density at radius 2 is 2.05 bits per heavy atom. The van der Waals surface area contributed by atoms with Gasteiger partial charge in [0.15, 0.2) is 6.29 Å². The molecular formula is C15H15ClN2O. The first-order valence-electron chi connectivity index (χ1n) is 6.51. The van der Waals surface area contributed by atoms with Crippen molar-refractivity contribution in [1.29, 1.82) is 0 Å². The number of rotatable bonds is 4. The topological polar surface area (TPSA) is 34.9 Å². The molecule has 4 heteroatoms. The summed E-state index contributed by atoms with van der Waals surface area (Å²) in [4.78, 5) is 11.3. The first-order valence-corrected chi connectivity index (χ1v) is 6.88. The van der Waals surface area contributed by atoms with Crippen molar-refractivity contribution >= 4 is 17.9 Å². The number of aldehydes is 1. The van der Waals surface area contributed by atoms with Crippen LogP contribution in [0, 0.1) is 5.92 Å². The predicted molar refractivity (Wildman–Crippen MR) is 75.5 cm³/mol. The Bertz CT molecular complexity index is 602. The molecule has 2 aromatic rings. The highest BCUT2D eigenvalue weighted by Crippen LogP contribution is 2.41. The third-order valence-corrected chi connectivity index (χ3v) is 4.12. The highest BCUT2D eigenvalue weighted by atomic mass is 35.5. The number of aromatic nitrogens is 2. The molecule has 0 radical (unpaired) electrons. The van der Waals surface area contributed by atoms with Crippen molar-refractivity contribution in [3.63, 3.8) is 0 Å². The molecule has 1 atom stereocenters. The van der Waals surface area contributed by atoms with Crippen LogP contribution in [-0.2, 0) is 0 Å². The lowest BCUT2D eigenvalue weighted by Crippen LogP contribution is -2.09. The number of hydrogen-bond donors (Lipinski definition) is 0. The van der Waals surface area contributed by atoms with Gasteiger partial charge in [-0.25, -0.2) is 4.68 Å². The van der Waals surface area contributed by atoms with Crippen molar-refractivity contribution in [2.45, 2.75) is 25.8 Å². The lowest BCUT2D eigenvalue weighted by molar-refractivity contribution is 0.112. The van der Waals surface area contributed by atoms with Crippen LogP contribution in [0.2, 0.25) is 5.15 Å². The van der Waals surface area contributed by atoms with Crippen molar-refractivity contribution in [1.82, 2.24) is 9.78 Å². The Morgan fingerprint density at radius 1 is 1.37 bits per heavy atom. The highest BCUT2D eigenvalue weighted by molar-refractivity contribution is 6.32. The molecule has 1 fully saturated rings. The summed E-state index contributed by atoms with van der Waals surface area (Å²) in [5.74, 6) is 0.639. The van der Waals surface area contributed by atoms with Crippen LogP contribution < -0.4 is 0 Å². The Kier molecular flexibility index (Phi) is 3.15. The van der Waals surface area contributed by atoms with Crippen molar-refractivity contribution in [2.75, 3.05) is 0 Å². The van der Waals surface area contributed by atoms with Crippen molar-refractivity contribution in [3.8, 4) is 11.3 Å². The molecule has 3 rings (SSSR count). The zero-order valence-electron chi connectivity index (χ0n) is 10.7. The van der Waals surface area contributed by atoms with Gasteiger partial charge in [-0.1, -0.05) is 41.9 Å². The largest absolute Gasteiger partial charge is 0.298 e. The SMILES string of the molecule is CC(C1CC1)n1nc(-c2ccccc2)c(C=O)c1Cl. The monoisotopic (exact) mass is 274 g/mol. The van der Waals surface area contributed by atoms with Crippen molar-refractivity contribution in [3.05, 3.63) is 41.0 Å². The second kappa shape index (κ2) is 4.82. The summed E-state index contributed by atoms with van der Waals surface area (Å²) < 4.78 is 1.80. The summed E-state index contributed by atoms with van der Waals surface area (Å²) in [6.45, 7) is 2.11. The number of hydrogen-bond acceptors (Lipinski definition) is 2. The molecular weight excluding hydrogens is 260 g/mol. The standard InChI is InChI=1S/C15H15ClN2O/c1-10(11-7-8-11)18-15(16)13(9-19)14(17-18)12-5-3-2-4-6-12/h2-6,9-11H,7-8H2,1H3. The maximum absolute atomic E-state index is 11.3. The van der Waals surface area contributed by atoms with E-state index in [-0.39, 0.29) is 6.04 Å². The second-order valence-electron chi connectivity index (χ2n) is 5.06. The normalized spacial score (nSPS) is 16.3. The van der Waals surface area contributed by atoms with Gasteiger partial charge in [0.05, 0.1) is 11.6 Å². The Hall–Kier alpha value is -1.61. The van der Waals surface area contributed by atoms with Crippen LogP contribution in [0.5, 0.6) is 0 Å². The maximum Gasteiger partial charge on any atom is 0.155 e. The number of benzene rings is 1. The first-order chi connectivity index (χ1) is 9.22. The molecule has 1 heterocycles.